The van der Waals surface area contributed by atoms with Crippen LogP contribution in [-0.4, -0.2) is 16.1 Å². The van der Waals surface area contributed by atoms with Crippen LogP contribution in [0.1, 0.15) is 15.9 Å². The van der Waals surface area contributed by atoms with Crippen LogP contribution in [0.2, 0.25) is 0 Å². The Balaban J connectivity index is 2.37. The molecule has 0 fully saturated rings. The number of carbonyl (C=O) groups is 1. The third-order valence-electron chi connectivity index (χ3n) is 3.44. The number of aromatic carboxylic acids is 1. The highest BCUT2D eigenvalue weighted by Crippen LogP contribution is 2.31. The zero-order valence-electron chi connectivity index (χ0n) is 11.0. The lowest BCUT2D eigenvalue weighted by atomic mass is 9.96. The predicted molar refractivity (Wildman–Crippen MR) is 78.9 cm³/mol. The Morgan fingerprint density at radius 2 is 1.75 bits per heavy atom. The average Bonchev–Trinajstić information content (AvgIpc) is 2.48. The SMILES string of the molecule is Cc1ccc(-c2ncccc2C(=O)O)c2ccccc12. The van der Waals surface area contributed by atoms with Crippen molar-refractivity contribution in [3.8, 4) is 11.3 Å². The van der Waals surface area contributed by atoms with Gasteiger partial charge in [0, 0.05) is 11.8 Å². The molecule has 0 aliphatic heterocycles. The van der Waals surface area contributed by atoms with Crippen LogP contribution in [0.4, 0.5) is 0 Å². The van der Waals surface area contributed by atoms with Crippen molar-refractivity contribution in [3.05, 3.63) is 65.9 Å². The van der Waals surface area contributed by atoms with E-state index in [0.717, 1.165) is 21.9 Å². The summed E-state index contributed by atoms with van der Waals surface area (Å²) in [5, 5.41) is 11.5. The zero-order chi connectivity index (χ0) is 14.1. The van der Waals surface area contributed by atoms with Gasteiger partial charge < -0.3 is 5.11 Å². The van der Waals surface area contributed by atoms with E-state index in [2.05, 4.69) is 4.98 Å². The molecular formula is C17H13NO2. The molecule has 3 heteroatoms. The van der Waals surface area contributed by atoms with Gasteiger partial charge in [-0.3, -0.25) is 4.98 Å². The summed E-state index contributed by atoms with van der Waals surface area (Å²) in [6.07, 6.45) is 1.62. The Kier molecular flexibility index (Phi) is 2.95. The maximum absolute atomic E-state index is 11.4. The van der Waals surface area contributed by atoms with Crippen LogP contribution in [0.5, 0.6) is 0 Å². The third-order valence-corrected chi connectivity index (χ3v) is 3.44. The molecule has 0 radical (unpaired) electrons. The molecule has 1 N–H and O–H groups in total. The van der Waals surface area contributed by atoms with Crippen LogP contribution >= 0.6 is 0 Å². The Bertz CT molecular complexity index is 809. The van der Waals surface area contributed by atoms with Crippen molar-refractivity contribution in [1.29, 1.82) is 0 Å². The normalized spacial score (nSPS) is 10.7. The average molecular weight is 263 g/mol. The molecule has 0 aliphatic carbocycles. The van der Waals surface area contributed by atoms with Gasteiger partial charge in [0.1, 0.15) is 0 Å². The molecule has 3 rings (SSSR count). The van der Waals surface area contributed by atoms with Gasteiger partial charge in [-0.05, 0) is 35.4 Å². The fraction of sp³-hybridized carbons (Fsp3) is 0.0588. The van der Waals surface area contributed by atoms with Crippen LogP contribution in [0.15, 0.2) is 54.7 Å². The smallest absolute Gasteiger partial charge is 0.337 e. The van der Waals surface area contributed by atoms with Gasteiger partial charge in [-0.2, -0.15) is 0 Å². The van der Waals surface area contributed by atoms with Gasteiger partial charge in [0.05, 0.1) is 11.3 Å². The van der Waals surface area contributed by atoms with E-state index in [0.29, 0.717) is 5.69 Å². The standard InChI is InChI=1S/C17H13NO2/c1-11-8-9-14(13-6-3-2-5-12(11)13)16-15(17(19)20)7-4-10-18-16/h2-10H,1H3,(H,19,20). The number of hydrogen-bond donors (Lipinski definition) is 1. The molecule has 0 amide bonds. The number of carboxylic acid groups (broad SMARTS) is 1. The summed E-state index contributed by atoms with van der Waals surface area (Å²) in [6, 6.07) is 15.1. The largest absolute Gasteiger partial charge is 0.478 e. The monoisotopic (exact) mass is 263 g/mol. The molecule has 0 spiro atoms. The summed E-state index contributed by atoms with van der Waals surface area (Å²) in [7, 11) is 0. The highest BCUT2D eigenvalue weighted by Gasteiger charge is 2.14. The van der Waals surface area contributed by atoms with Gasteiger partial charge in [-0.25, -0.2) is 4.79 Å². The maximum Gasteiger partial charge on any atom is 0.337 e. The molecule has 2 aromatic carbocycles. The lowest BCUT2D eigenvalue weighted by molar-refractivity contribution is 0.0697. The highest BCUT2D eigenvalue weighted by molar-refractivity contribution is 6.03. The molecule has 98 valence electrons. The molecular weight excluding hydrogens is 250 g/mol. The number of carboxylic acids is 1. The summed E-state index contributed by atoms with van der Waals surface area (Å²) >= 11 is 0. The molecule has 0 atom stereocenters. The minimum Gasteiger partial charge on any atom is -0.478 e. The molecule has 1 aromatic heterocycles. The number of hydrogen-bond acceptors (Lipinski definition) is 2. The summed E-state index contributed by atoms with van der Waals surface area (Å²) in [5.74, 6) is -0.960. The Morgan fingerprint density at radius 1 is 1.00 bits per heavy atom. The van der Waals surface area contributed by atoms with E-state index in [-0.39, 0.29) is 5.56 Å². The van der Waals surface area contributed by atoms with Crippen LogP contribution in [0.3, 0.4) is 0 Å². The van der Waals surface area contributed by atoms with Crippen molar-refractivity contribution in [2.75, 3.05) is 0 Å². The number of benzene rings is 2. The van der Waals surface area contributed by atoms with Gasteiger partial charge in [0.2, 0.25) is 0 Å². The quantitative estimate of drug-likeness (QED) is 0.762. The van der Waals surface area contributed by atoms with E-state index in [1.807, 2.05) is 43.3 Å². The van der Waals surface area contributed by atoms with Gasteiger partial charge in [0.15, 0.2) is 0 Å². The van der Waals surface area contributed by atoms with Crippen molar-refractivity contribution >= 4 is 16.7 Å². The molecule has 0 bridgehead atoms. The number of pyridine rings is 1. The van der Waals surface area contributed by atoms with Crippen LogP contribution in [-0.2, 0) is 0 Å². The number of fused-ring (bicyclic) bond motifs is 1. The van der Waals surface area contributed by atoms with Gasteiger partial charge in [-0.15, -0.1) is 0 Å². The Hall–Kier alpha value is -2.68. The van der Waals surface area contributed by atoms with Crippen molar-refractivity contribution in [1.82, 2.24) is 4.98 Å². The third kappa shape index (κ3) is 1.93. The van der Waals surface area contributed by atoms with E-state index >= 15 is 0 Å². The van der Waals surface area contributed by atoms with Gasteiger partial charge >= 0.3 is 5.97 Å². The Morgan fingerprint density at radius 3 is 2.50 bits per heavy atom. The second-order valence-corrected chi connectivity index (χ2v) is 4.68. The van der Waals surface area contributed by atoms with Crippen molar-refractivity contribution in [3.63, 3.8) is 0 Å². The summed E-state index contributed by atoms with van der Waals surface area (Å²) in [6.45, 7) is 2.04. The van der Waals surface area contributed by atoms with Gasteiger partial charge in [0.25, 0.3) is 0 Å². The fourth-order valence-electron chi connectivity index (χ4n) is 2.45. The minimum absolute atomic E-state index is 0.224. The molecule has 0 unspecified atom stereocenters. The first-order valence-electron chi connectivity index (χ1n) is 6.35. The van der Waals surface area contributed by atoms with Crippen molar-refractivity contribution in [2.24, 2.45) is 0 Å². The minimum atomic E-state index is -0.960. The van der Waals surface area contributed by atoms with Crippen LogP contribution in [0, 0.1) is 6.92 Å². The van der Waals surface area contributed by atoms with Crippen molar-refractivity contribution in [2.45, 2.75) is 6.92 Å². The first-order chi connectivity index (χ1) is 9.68. The zero-order valence-corrected chi connectivity index (χ0v) is 11.0. The van der Waals surface area contributed by atoms with Crippen molar-refractivity contribution < 1.29 is 9.90 Å². The number of rotatable bonds is 2. The molecule has 20 heavy (non-hydrogen) atoms. The lowest BCUT2D eigenvalue weighted by Crippen LogP contribution is -2.01. The molecule has 1 heterocycles. The molecule has 0 saturated carbocycles. The van der Waals surface area contributed by atoms with E-state index in [4.69, 9.17) is 0 Å². The van der Waals surface area contributed by atoms with Gasteiger partial charge in [-0.1, -0.05) is 36.4 Å². The maximum atomic E-state index is 11.4. The second-order valence-electron chi connectivity index (χ2n) is 4.68. The first-order valence-corrected chi connectivity index (χ1v) is 6.35. The molecule has 3 aromatic rings. The Labute approximate surface area is 116 Å². The summed E-state index contributed by atoms with van der Waals surface area (Å²) < 4.78 is 0. The van der Waals surface area contributed by atoms with Crippen LogP contribution in [0.25, 0.3) is 22.0 Å². The molecule has 3 nitrogen and oxygen atoms in total. The predicted octanol–water partition coefficient (Wildman–Crippen LogP) is 3.91. The number of aryl methyl sites for hydroxylation is 1. The van der Waals surface area contributed by atoms with E-state index in [1.54, 1.807) is 18.3 Å². The fourth-order valence-corrected chi connectivity index (χ4v) is 2.45. The van der Waals surface area contributed by atoms with E-state index in [1.165, 1.54) is 0 Å². The second kappa shape index (κ2) is 4.78. The van der Waals surface area contributed by atoms with E-state index < -0.39 is 5.97 Å². The number of aromatic nitrogens is 1. The topological polar surface area (TPSA) is 50.2 Å². The van der Waals surface area contributed by atoms with Crippen LogP contribution < -0.4 is 0 Å². The van der Waals surface area contributed by atoms with E-state index in [9.17, 15) is 9.90 Å². The first kappa shape index (κ1) is 12.4. The lowest BCUT2D eigenvalue weighted by Gasteiger charge is -2.10. The summed E-state index contributed by atoms with van der Waals surface area (Å²) in [4.78, 5) is 15.6. The number of nitrogens with zero attached hydrogens (tertiary/aromatic N) is 1. The summed E-state index contributed by atoms with van der Waals surface area (Å²) in [5.41, 5.74) is 2.75. The molecule has 0 aliphatic rings. The highest BCUT2D eigenvalue weighted by atomic mass is 16.4. The molecule has 0 saturated heterocycles.